The number of nitrogens with zero attached hydrogens (tertiary/aromatic N) is 5. The monoisotopic (exact) mass is 406 g/mol. The van der Waals surface area contributed by atoms with Crippen LogP contribution in [0.4, 0.5) is 10.9 Å². The summed E-state index contributed by atoms with van der Waals surface area (Å²) in [6, 6.07) is 14.5. The number of morpholine rings is 1. The van der Waals surface area contributed by atoms with Crippen molar-refractivity contribution >= 4 is 33.2 Å². The molecule has 1 fully saturated rings. The molecule has 1 unspecified atom stereocenters. The normalized spacial score (nSPS) is 17.6. The molecule has 1 aromatic carbocycles. The summed E-state index contributed by atoms with van der Waals surface area (Å²) in [4.78, 5) is 7.19. The highest BCUT2D eigenvalue weighted by Gasteiger charge is 2.24. The van der Waals surface area contributed by atoms with Crippen LogP contribution in [0.5, 0.6) is 0 Å². The van der Waals surface area contributed by atoms with E-state index in [1.807, 2.05) is 18.2 Å². The third-order valence-corrected chi connectivity index (χ3v) is 5.83. The molecule has 0 saturated carbocycles. The average Bonchev–Trinajstić information content (AvgIpc) is 3.37. The van der Waals surface area contributed by atoms with Crippen molar-refractivity contribution in [3.05, 3.63) is 65.4 Å². The zero-order valence-corrected chi connectivity index (χ0v) is 17.0. The molecular weight excluding hydrogens is 384 g/mol. The number of pyridine rings is 1. The number of aromatic nitrogens is 4. The van der Waals surface area contributed by atoms with Crippen molar-refractivity contribution in [2.24, 2.45) is 7.05 Å². The van der Waals surface area contributed by atoms with Gasteiger partial charge in [0.2, 0.25) is 5.13 Å². The molecule has 1 aliphatic heterocycles. The Morgan fingerprint density at radius 2 is 2.14 bits per heavy atom. The Morgan fingerprint density at radius 1 is 1.21 bits per heavy atom. The lowest BCUT2D eigenvalue weighted by Crippen LogP contribution is -2.38. The first-order valence-corrected chi connectivity index (χ1v) is 10.5. The van der Waals surface area contributed by atoms with E-state index in [9.17, 15) is 0 Å². The van der Waals surface area contributed by atoms with Crippen molar-refractivity contribution in [1.82, 2.24) is 24.6 Å². The molecule has 0 aliphatic carbocycles. The number of hydrogen-bond donors (Lipinski definition) is 1. The summed E-state index contributed by atoms with van der Waals surface area (Å²) in [5.41, 5.74) is 5.25. The molecule has 0 amide bonds. The number of ether oxygens (including phenoxy) is 1. The van der Waals surface area contributed by atoms with E-state index >= 15 is 0 Å². The Hall–Kier alpha value is -2.81. The minimum atomic E-state index is -0.0464. The van der Waals surface area contributed by atoms with Gasteiger partial charge >= 0.3 is 0 Å². The van der Waals surface area contributed by atoms with Crippen LogP contribution >= 0.6 is 11.3 Å². The highest BCUT2D eigenvalue weighted by Crippen LogP contribution is 2.26. The molecule has 0 radical (unpaired) electrons. The van der Waals surface area contributed by atoms with Crippen molar-refractivity contribution in [3.8, 4) is 0 Å². The summed E-state index contributed by atoms with van der Waals surface area (Å²) in [7, 11) is 2.11. The number of rotatable bonds is 5. The molecule has 4 aromatic rings. The van der Waals surface area contributed by atoms with Crippen molar-refractivity contribution < 1.29 is 4.74 Å². The van der Waals surface area contributed by atoms with Gasteiger partial charge in [-0.15, -0.1) is 10.2 Å². The molecule has 8 heteroatoms. The van der Waals surface area contributed by atoms with Gasteiger partial charge in [0.1, 0.15) is 17.4 Å². The van der Waals surface area contributed by atoms with E-state index in [1.54, 1.807) is 5.51 Å². The van der Waals surface area contributed by atoms with Gasteiger partial charge in [-0.25, -0.2) is 4.98 Å². The maximum absolute atomic E-state index is 6.05. The van der Waals surface area contributed by atoms with E-state index in [1.165, 1.54) is 27.8 Å². The highest BCUT2D eigenvalue weighted by molar-refractivity contribution is 7.13. The SMILES string of the molecule is Cn1cc(CN2CCOC(c3cccc(Nc4nncs4)n3)C2)c2ccccc21. The molecule has 7 nitrogen and oxygen atoms in total. The lowest BCUT2D eigenvalue weighted by Gasteiger charge is -2.32. The number of hydrogen-bond acceptors (Lipinski definition) is 7. The number of aryl methyl sites for hydroxylation is 1. The Labute approximate surface area is 173 Å². The van der Waals surface area contributed by atoms with E-state index in [4.69, 9.17) is 9.72 Å². The molecular formula is C21H22N6OS. The number of fused-ring (bicyclic) bond motifs is 1. The first kappa shape index (κ1) is 18.2. The quantitative estimate of drug-likeness (QED) is 0.545. The predicted octanol–water partition coefficient (Wildman–Crippen LogP) is 3.74. The van der Waals surface area contributed by atoms with Crippen LogP contribution in [0.2, 0.25) is 0 Å². The Morgan fingerprint density at radius 3 is 3.03 bits per heavy atom. The van der Waals surface area contributed by atoms with Crippen LogP contribution in [-0.4, -0.2) is 44.3 Å². The first-order chi connectivity index (χ1) is 14.3. The standard InChI is InChI=1S/C21H22N6OS/c1-26-11-15(16-5-2-3-7-18(16)26)12-27-9-10-28-19(13-27)17-6-4-8-20(23-17)24-21-25-22-14-29-21/h2-8,11,14,19H,9-10,12-13H2,1H3,(H,23,24,25). The number of para-hydroxylation sites is 1. The van der Waals surface area contributed by atoms with Crippen LogP contribution in [0.15, 0.2) is 54.2 Å². The fourth-order valence-corrected chi connectivity index (χ4v) is 4.31. The second-order valence-corrected chi connectivity index (χ2v) is 8.03. The molecule has 1 N–H and O–H groups in total. The molecule has 4 heterocycles. The van der Waals surface area contributed by atoms with Crippen LogP contribution in [0.25, 0.3) is 10.9 Å². The highest BCUT2D eigenvalue weighted by atomic mass is 32.1. The van der Waals surface area contributed by atoms with Gasteiger partial charge in [0.15, 0.2) is 0 Å². The second kappa shape index (κ2) is 7.90. The van der Waals surface area contributed by atoms with Gasteiger partial charge in [0.25, 0.3) is 0 Å². The number of anilines is 2. The van der Waals surface area contributed by atoms with Gasteiger partial charge in [0.05, 0.1) is 12.3 Å². The van der Waals surface area contributed by atoms with Crippen molar-refractivity contribution in [2.75, 3.05) is 25.0 Å². The molecule has 0 spiro atoms. The van der Waals surface area contributed by atoms with Gasteiger partial charge in [-0.1, -0.05) is 35.6 Å². The summed E-state index contributed by atoms with van der Waals surface area (Å²) in [6.45, 7) is 3.34. The zero-order chi connectivity index (χ0) is 19.6. The van der Waals surface area contributed by atoms with Crippen LogP contribution in [-0.2, 0) is 18.3 Å². The topological polar surface area (TPSA) is 68.1 Å². The number of nitrogens with one attached hydrogen (secondary N) is 1. The minimum Gasteiger partial charge on any atom is -0.369 e. The largest absolute Gasteiger partial charge is 0.369 e. The van der Waals surface area contributed by atoms with Crippen molar-refractivity contribution in [2.45, 2.75) is 12.6 Å². The fraction of sp³-hybridized carbons (Fsp3) is 0.286. The Bertz CT molecular complexity index is 1110. The molecule has 3 aromatic heterocycles. The fourth-order valence-electron chi connectivity index (χ4n) is 3.86. The van der Waals surface area contributed by atoms with Gasteiger partial charge in [-0.3, -0.25) is 4.90 Å². The molecule has 1 aliphatic rings. The van der Waals surface area contributed by atoms with E-state index in [-0.39, 0.29) is 6.10 Å². The van der Waals surface area contributed by atoms with E-state index in [2.05, 4.69) is 62.5 Å². The lowest BCUT2D eigenvalue weighted by molar-refractivity contribution is -0.0348. The van der Waals surface area contributed by atoms with Gasteiger partial charge in [-0.05, 0) is 23.8 Å². The predicted molar refractivity (Wildman–Crippen MR) is 114 cm³/mol. The van der Waals surface area contributed by atoms with Crippen LogP contribution < -0.4 is 5.32 Å². The summed E-state index contributed by atoms with van der Waals surface area (Å²) in [5.74, 6) is 0.758. The summed E-state index contributed by atoms with van der Waals surface area (Å²) < 4.78 is 8.25. The third-order valence-electron chi connectivity index (χ3n) is 5.22. The molecule has 5 rings (SSSR count). The summed E-state index contributed by atoms with van der Waals surface area (Å²) in [5, 5.41) is 13.1. The molecule has 148 valence electrons. The van der Waals surface area contributed by atoms with Crippen LogP contribution in [0, 0.1) is 0 Å². The minimum absolute atomic E-state index is 0.0464. The van der Waals surface area contributed by atoms with Crippen LogP contribution in [0.1, 0.15) is 17.4 Å². The third kappa shape index (κ3) is 3.87. The lowest BCUT2D eigenvalue weighted by atomic mass is 10.1. The van der Waals surface area contributed by atoms with Gasteiger partial charge in [-0.2, -0.15) is 0 Å². The average molecular weight is 407 g/mol. The van der Waals surface area contributed by atoms with Crippen molar-refractivity contribution in [3.63, 3.8) is 0 Å². The number of benzene rings is 1. The molecule has 1 atom stereocenters. The maximum atomic E-state index is 6.05. The summed E-state index contributed by atoms with van der Waals surface area (Å²) >= 11 is 1.45. The first-order valence-electron chi connectivity index (χ1n) is 9.63. The maximum Gasteiger partial charge on any atom is 0.210 e. The Balaban J connectivity index is 1.32. The van der Waals surface area contributed by atoms with E-state index < -0.39 is 0 Å². The second-order valence-electron chi connectivity index (χ2n) is 7.19. The van der Waals surface area contributed by atoms with E-state index in [0.29, 0.717) is 6.61 Å². The van der Waals surface area contributed by atoms with Gasteiger partial charge < -0.3 is 14.6 Å². The summed E-state index contributed by atoms with van der Waals surface area (Å²) in [6.07, 6.45) is 2.19. The molecule has 1 saturated heterocycles. The van der Waals surface area contributed by atoms with Gasteiger partial charge in [0, 0.05) is 43.8 Å². The molecule has 29 heavy (non-hydrogen) atoms. The zero-order valence-electron chi connectivity index (χ0n) is 16.2. The van der Waals surface area contributed by atoms with E-state index in [0.717, 1.165) is 36.3 Å². The van der Waals surface area contributed by atoms with Crippen LogP contribution in [0.3, 0.4) is 0 Å². The Kier molecular flexibility index (Phi) is 4.97. The molecule has 0 bridgehead atoms. The van der Waals surface area contributed by atoms with Crippen molar-refractivity contribution in [1.29, 1.82) is 0 Å². The smallest absolute Gasteiger partial charge is 0.210 e.